The average Bonchev–Trinajstić information content (AvgIpc) is 2.66. The molecule has 0 saturated heterocycles. The standard InChI is InChI=1S/C10H10BrN3O/c11-10-5-6-13-14(10)9-3-1-8(2-4-9)7-15-12/h1-6H,7,12H2. The van der Waals surface area contributed by atoms with Crippen molar-refractivity contribution in [3.8, 4) is 5.69 Å². The molecule has 0 bridgehead atoms. The van der Waals surface area contributed by atoms with Crippen molar-refractivity contribution in [2.75, 3.05) is 0 Å². The molecule has 0 atom stereocenters. The maximum Gasteiger partial charge on any atom is 0.109 e. The van der Waals surface area contributed by atoms with Crippen LogP contribution in [0.2, 0.25) is 0 Å². The first kappa shape index (κ1) is 10.4. The van der Waals surface area contributed by atoms with Gasteiger partial charge in [-0.2, -0.15) is 5.10 Å². The molecule has 2 aromatic rings. The Bertz CT molecular complexity index is 438. The van der Waals surface area contributed by atoms with Gasteiger partial charge in [-0.25, -0.2) is 10.6 Å². The topological polar surface area (TPSA) is 53.1 Å². The molecule has 0 aliphatic carbocycles. The highest BCUT2D eigenvalue weighted by atomic mass is 79.9. The molecular weight excluding hydrogens is 258 g/mol. The molecule has 1 heterocycles. The van der Waals surface area contributed by atoms with Crippen molar-refractivity contribution in [1.29, 1.82) is 0 Å². The van der Waals surface area contributed by atoms with Crippen molar-refractivity contribution in [3.05, 3.63) is 46.7 Å². The van der Waals surface area contributed by atoms with E-state index in [9.17, 15) is 0 Å². The lowest BCUT2D eigenvalue weighted by Gasteiger charge is -2.04. The number of nitrogens with two attached hydrogens (primary N) is 1. The van der Waals surface area contributed by atoms with Crippen LogP contribution in [0.3, 0.4) is 0 Å². The van der Waals surface area contributed by atoms with Crippen LogP contribution in [0, 0.1) is 0 Å². The number of halogens is 1. The number of hydrogen-bond acceptors (Lipinski definition) is 3. The number of benzene rings is 1. The van der Waals surface area contributed by atoms with Crippen LogP contribution in [0.25, 0.3) is 5.69 Å². The minimum Gasteiger partial charge on any atom is -0.300 e. The largest absolute Gasteiger partial charge is 0.300 e. The van der Waals surface area contributed by atoms with Crippen molar-refractivity contribution in [3.63, 3.8) is 0 Å². The van der Waals surface area contributed by atoms with E-state index in [0.29, 0.717) is 6.61 Å². The van der Waals surface area contributed by atoms with Crippen LogP contribution < -0.4 is 5.90 Å². The normalized spacial score (nSPS) is 10.5. The van der Waals surface area contributed by atoms with E-state index in [-0.39, 0.29) is 0 Å². The smallest absolute Gasteiger partial charge is 0.109 e. The predicted octanol–water partition coefficient (Wildman–Crippen LogP) is 2.03. The Hall–Kier alpha value is -1.17. The molecule has 1 aromatic heterocycles. The number of rotatable bonds is 3. The zero-order valence-electron chi connectivity index (χ0n) is 7.93. The summed E-state index contributed by atoms with van der Waals surface area (Å²) < 4.78 is 2.72. The van der Waals surface area contributed by atoms with Crippen LogP contribution >= 0.6 is 15.9 Å². The summed E-state index contributed by atoms with van der Waals surface area (Å²) in [5.41, 5.74) is 2.03. The van der Waals surface area contributed by atoms with Gasteiger partial charge in [0, 0.05) is 0 Å². The van der Waals surface area contributed by atoms with E-state index < -0.39 is 0 Å². The third-order valence-corrected chi connectivity index (χ3v) is 2.63. The number of hydrogen-bond donors (Lipinski definition) is 1. The second kappa shape index (κ2) is 4.57. The summed E-state index contributed by atoms with van der Waals surface area (Å²) in [6, 6.07) is 9.72. The van der Waals surface area contributed by atoms with E-state index >= 15 is 0 Å². The SMILES string of the molecule is NOCc1ccc(-n2nccc2Br)cc1. The third-order valence-electron chi connectivity index (χ3n) is 2.03. The molecule has 0 aliphatic heterocycles. The molecule has 0 radical (unpaired) electrons. The van der Waals surface area contributed by atoms with E-state index in [1.165, 1.54) is 0 Å². The molecule has 15 heavy (non-hydrogen) atoms. The molecule has 4 nitrogen and oxygen atoms in total. The fourth-order valence-corrected chi connectivity index (χ4v) is 1.72. The van der Waals surface area contributed by atoms with Gasteiger partial charge in [-0.1, -0.05) is 12.1 Å². The van der Waals surface area contributed by atoms with Gasteiger partial charge < -0.3 is 0 Å². The van der Waals surface area contributed by atoms with Crippen molar-refractivity contribution in [2.45, 2.75) is 6.61 Å². The van der Waals surface area contributed by atoms with Crippen molar-refractivity contribution < 1.29 is 4.84 Å². The monoisotopic (exact) mass is 267 g/mol. The molecule has 0 aliphatic rings. The molecular formula is C10H10BrN3O. The molecule has 0 fully saturated rings. The summed E-state index contributed by atoms with van der Waals surface area (Å²) in [6.07, 6.45) is 1.74. The molecule has 0 unspecified atom stereocenters. The molecule has 1 aromatic carbocycles. The highest BCUT2D eigenvalue weighted by molar-refractivity contribution is 9.10. The first-order valence-electron chi connectivity index (χ1n) is 4.42. The van der Waals surface area contributed by atoms with E-state index in [1.807, 2.05) is 30.3 Å². The molecule has 5 heteroatoms. The average molecular weight is 268 g/mol. The number of nitrogens with zero attached hydrogens (tertiary/aromatic N) is 2. The van der Waals surface area contributed by atoms with E-state index in [0.717, 1.165) is 15.9 Å². The lowest BCUT2D eigenvalue weighted by atomic mass is 10.2. The Kier molecular flexibility index (Phi) is 3.15. The maximum atomic E-state index is 4.99. The quantitative estimate of drug-likeness (QED) is 0.866. The Morgan fingerprint density at radius 3 is 2.53 bits per heavy atom. The Morgan fingerprint density at radius 1 is 1.27 bits per heavy atom. The van der Waals surface area contributed by atoms with E-state index in [4.69, 9.17) is 5.90 Å². The summed E-state index contributed by atoms with van der Waals surface area (Å²) in [7, 11) is 0. The Morgan fingerprint density at radius 2 is 2.00 bits per heavy atom. The van der Waals surface area contributed by atoms with Crippen molar-refractivity contribution in [2.24, 2.45) is 5.90 Å². The lowest BCUT2D eigenvalue weighted by Crippen LogP contribution is -2.00. The lowest BCUT2D eigenvalue weighted by molar-refractivity contribution is 0.124. The van der Waals surface area contributed by atoms with Gasteiger partial charge in [0.15, 0.2) is 0 Å². The van der Waals surface area contributed by atoms with Crippen LogP contribution in [0.1, 0.15) is 5.56 Å². The summed E-state index contributed by atoms with van der Waals surface area (Å²) in [5.74, 6) is 4.99. The highest BCUT2D eigenvalue weighted by Gasteiger charge is 2.01. The Labute approximate surface area is 95.7 Å². The second-order valence-corrected chi connectivity index (χ2v) is 3.86. The summed E-state index contributed by atoms with van der Waals surface area (Å²) in [6.45, 7) is 0.417. The fraction of sp³-hybridized carbons (Fsp3) is 0.100. The first-order chi connectivity index (χ1) is 7.31. The summed E-state index contributed by atoms with van der Waals surface area (Å²) >= 11 is 3.41. The highest BCUT2D eigenvalue weighted by Crippen LogP contribution is 2.16. The molecule has 2 N–H and O–H groups in total. The van der Waals surface area contributed by atoms with Gasteiger partial charge in [0.2, 0.25) is 0 Å². The van der Waals surface area contributed by atoms with Crippen molar-refractivity contribution in [1.82, 2.24) is 9.78 Å². The van der Waals surface area contributed by atoms with E-state index in [1.54, 1.807) is 10.9 Å². The molecule has 0 spiro atoms. The summed E-state index contributed by atoms with van der Waals surface area (Å²) in [4.78, 5) is 4.55. The fourth-order valence-electron chi connectivity index (χ4n) is 1.31. The third kappa shape index (κ3) is 2.26. The van der Waals surface area contributed by atoms with Gasteiger partial charge in [-0.15, -0.1) is 0 Å². The molecule has 0 saturated carbocycles. The minimum absolute atomic E-state index is 0.417. The van der Waals surface area contributed by atoms with Crippen LogP contribution in [0.4, 0.5) is 0 Å². The van der Waals surface area contributed by atoms with Crippen LogP contribution in [0.15, 0.2) is 41.1 Å². The van der Waals surface area contributed by atoms with Crippen LogP contribution in [0.5, 0.6) is 0 Å². The Balaban J connectivity index is 2.28. The summed E-state index contributed by atoms with van der Waals surface area (Å²) in [5, 5.41) is 4.18. The van der Waals surface area contributed by atoms with Gasteiger partial charge in [-0.3, -0.25) is 4.84 Å². The first-order valence-corrected chi connectivity index (χ1v) is 5.21. The molecule has 2 rings (SSSR count). The minimum atomic E-state index is 0.417. The molecule has 78 valence electrons. The van der Waals surface area contributed by atoms with Crippen LogP contribution in [-0.4, -0.2) is 9.78 Å². The van der Waals surface area contributed by atoms with Gasteiger partial charge >= 0.3 is 0 Å². The zero-order chi connectivity index (χ0) is 10.7. The van der Waals surface area contributed by atoms with Gasteiger partial charge in [0.25, 0.3) is 0 Å². The molecule has 0 amide bonds. The van der Waals surface area contributed by atoms with Crippen LogP contribution in [-0.2, 0) is 11.4 Å². The predicted molar refractivity (Wildman–Crippen MR) is 60.2 cm³/mol. The van der Waals surface area contributed by atoms with E-state index in [2.05, 4.69) is 25.9 Å². The van der Waals surface area contributed by atoms with Gasteiger partial charge in [0.1, 0.15) is 4.60 Å². The maximum absolute atomic E-state index is 4.99. The number of aromatic nitrogens is 2. The van der Waals surface area contributed by atoms with Gasteiger partial charge in [0.05, 0.1) is 18.5 Å². The van der Waals surface area contributed by atoms with Gasteiger partial charge in [-0.05, 0) is 39.7 Å². The van der Waals surface area contributed by atoms with Crippen molar-refractivity contribution >= 4 is 15.9 Å². The second-order valence-electron chi connectivity index (χ2n) is 3.04. The zero-order valence-corrected chi connectivity index (χ0v) is 9.52.